The first-order valence-corrected chi connectivity index (χ1v) is 13.2. The van der Waals surface area contributed by atoms with Crippen molar-refractivity contribution < 1.29 is 19.1 Å². The van der Waals surface area contributed by atoms with Gasteiger partial charge in [-0.25, -0.2) is 4.79 Å². The van der Waals surface area contributed by atoms with Crippen molar-refractivity contribution in [2.24, 2.45) is 5.73 Å². The molecule has 7 heteroatoms. The van der Waals surface area contributed by atoms with Gasteiger partial charge in [0, 0.05) is 28.3 Å². The number of carbonyl (C=O) groups excluding carboxylic acids is 2. The fourth-order valence-corrected chi connectivity index (χ4v) is 4.47. The molecule has 0 bridgehead atoms. The lowest BCUT2D eigenvalue weighted by Crippen LogP contribution is -2.42. The molecule has 3 rings (SSSR count). The smallest absolute Gasteiger partial charge is 0.407 e. The van der Waals surface area contributed by atoms with Gasteiger partial charge in [0.1, 0.15) is 11.6 Å². The van der Waals surface area contributed by atoms with Gasteiger partial charge in [0.25, 0.3) is 0 Å². The van der Waals surface area contributed by atoms with E-state index in [9.17, 15) is 9.59 Å². The Morgan fingerprint density at radius 3 is 2.11 bits per heavy atom. The van der Waals surface area contributed by atoms with Crippen molar-refractivity contribution in [3.8, 4) is 0 Å². The monoisotopic (exact) mass is 536 g/mol. The first-order valence-electron chi connectivity index (χ1n) is 12.9. The van der Waals surface area contributed by atoms with Crippen LogP contribution in [0.5, 0.6) is 0 Å². The summed E-state index contributed by atoms with van der Waals surface area (Å²) < 4.78 is 11.6. The van der Waals surface area contributed by atoms with Crippen molar-refractivity contribution in [3.05, 3.63) is 106 Å². The normalized spacial score (nSPS) is 13.7. The molecule has 0 radical (unpaired) electrons. The van der Waals surface area contributed by atoms with Crippen LogP contribution >= 0.6 is 11.6 Å². The maximum Gasteiger partial charge on any atom is 0.407 e. The fourth-order valence-electron chi connectivity index (χ4n) is 4.20. The number of nitrogens with two attached hydrogens (primary N) is 1. The molecule has 0 saturated heterocycles. The Balaban J connectivity index is 1.82. The number of carbonyl (C=O) groups is 2. The Labute approximate surface area is 230 Å². The zero-order valence-electron chi connectivity index (χ0n) is 22.5. The summed E-state index contributed by atoms with van der Waals surface area (Å²) in [4.78, 5) is 25.3. The predicted octanol–water partition coefficient (Wildman–Crippen LogP) is 6.51. The molecule has 0 saturated carbocycles. The molecule has 0 aliphatic heterocycles. The van der Waals surface area contributed by atoms with E-state index in [4.69, 9.17) is 26.8 Å². The van der Waals surface area contributed by atoms with Gasteiger partial charge in [0.15, 0.2) is 5.60 Å². The maximum atomic E-state index is 13.5. The Hall–Kier alpha value is -3.35. The van der Waals surface area contributed by atoms with Crippen molar-refractivity contribution >= 4 is 23.7 Å². The third kappa shape index (κ3) is 7.59. The molecule has 0 aliphatic rings. The van der Waals surface area contributed by atoms with E-state index in [1.54, 1.807) is 6.07 Å². The molecule has 202 valence electrons. The number of esters is 1. The molecule has 1 unspecified atom stereocenters. The zero-order chi connectivity index (χ0) is 27.8. The second-order valence-corrected chi connectivity index (χ2v) is 10.8. The van der Waals surface area contributed by atoms with Crippen molar-refractivity contribution in [1.29, 1.82) is 0 Å². The first kappa shape index (κ1) is 29.2. The summed E-state index contributed by atoms with van der Waals surface area (Å²) in [6, 6.07) is 23.9. The van der Waals surface area contributed by atoms with Crippen molar-refractivity contribution in [2.45, 2.75) is 64.2 Å². The number of hydrogen-bond acceptors (Lipinski definition) is 5. The Kier molecular flexibility index (Phi) is 9.95. The predicted molar refractivity (Wildman–Crippen MR) is 151 cm³/mol. The number of aryl methyl sites for hydroxylation is 1. The largest absolute Gasteiger partial charge is 0.444 e. The summed E-state index contributed by atoms with van der Waals surface area (Å²) in [6.45, 7) is 7.86. The molecule has 0 fully saturated rings. The van der Waals surface area contributed by atoms with Gasteiger partial charge in [-0.3, -0.25) is 4.79 Å². The summed E-state index contributed by atoms with van der Waals surface area (Å²) in [5.74, 6) is -0.533. The van der Waals surface area contributed by atoms with Gasteiger partial charge in [-0.1, -0.05) is 90.0 Å². The van der Waals surface area contributed by atoms with E-state index in [1.165, 1.54) is 0 Å². The summed E-state index contributed by atoms with van der Waals surface area (Å²) in [7, 11) is 0. The lowest BCUT2D eigenvalue weighted by molar-refractivity contribution is -0.155. The van der Waals surface area contributed by atoms with Crippen LogP contribution in [0.1, 0.15) is 62.3 Å². The number of rotatable bonds is 10. The van der Waals surface area contributed by atoms with Gasteiger partial charge >= 0.3 is 12.1 Å². The Morgan fingerprint density at radius 1 is 0.868 bits per heavy atom. The number of hydrogen-bond donors (Lipinski definition) is 2. The average molecular weight is 537 g/mol. The highest BCUT2D eigenvalue weighted by molar-refractivity contribution is 6.31. The van der Waals surface area contributed by atoms with Gasteiger partial charge in [-0.2, -0.15) is 0 Å². The molecule has 0 aliphatic carbocycles. The highest BCUT2D eigenvalue weighted by Gasteiger charge is 2.42. The van der Waals surface area contributed by atoms with E-state index in [0.29, 0.717) is 36.4 Å². The number of halogens is 1. The summed E-state index contributed by atoms with van der Waals surface area (Å²) >= 11 is 6.72. The van der Waals surface area contributed by atoms with E-state index in [-0.39, 0.29) is 0 Å². The Morgan fingerprint density at radius 2 is 1.47 bits per heavy atom. The van der Waals surface area contributed by atoms with Crippen LogP contribution in [-0.2, 0) is 19.9 Å². The second kappa shape index (κ2) is 12.9. The van der Waals surface area contributed by atoms with E-state index >= 15 is 0 Å². The second-order valence-electron chi connectivity index (χ2n) is 10.3. The molecular formula is C31H37ClN2O4. The van der Waals surface area contributed by atoms with Crippen molar-refractivity contribution in [1.82, 2.24) is 5.32 Å². The van der Waals surface area contributed by atoms with Gasteiger partial charge in [0.05, 0.1) is 0 Å². The Bertz CT molecular complexity index is 1210. The fraction of sp³-hybridized carbons (Fsp3) is 0.355. The van der Waals surface area contributed by atoms with E-state index in [2.05, 4.69) is 5.32 Å². The molecule has 0 heterocycles. The highest BCUT2D eigenvalue weighted by atomic mass is 35.5. The van der Waals surface area contributed by atoms with Gasteiger partial charge in [0.2, 0.25) is 0 Å². The van der Waals surface area contributed by atoms with E-state index in [1.807, 2.05) is 100 Å². The van der Waals surface area contributed by atoms with Crippen LogP contribution in [0.15, 0.2) is 78.9 Å². The number of alkyl carbamates (subject to hydrolysis) is 1. The number of amides is 1. The molecule has 0 spiro atoms. The van der Waals surface area contributed by atoms with Crippen LogP contribution in [0.3, 0.4) is 0 Å². The molecule has 38 heavy (non-hydrogen) atoms. The van der Waals surface area contributed by atoms with Crippen LogP contribution in [-0.4, -0.2) is 30.3 Å². The molecule has 2 atom stereocenters. The van der Waals surface area contributed by atoms with E-state index in [0.717, 1.165) is 16.7 Å². The highest BCUT2D eigenvalue weighted by Crippen LogP contribution is 2.43. The van der Waals surface area contributed by atoms with Crippen LogP contribution in [0, 0.1) is 6.92 Å². The van der Waals surface area contributed by atoms with Crippen molar-refractivity contribution in [3.63, 3.8) is 0 Å². The number of nitrogens with one attached hydrogen (secondary N) is 1. The third-order valence-corrected chi connectivity index (χ3v) is 6.39. The topological polar surface area (TPSA) is 90.6 Å². The molecule has 0 aromatic heterocycles. The SMILES string of the molecule is Cc1ccc(C(OC(=O)[C@H](N)CCCCNC(=O)OC(C)(C)C)(c2ccccc2)c2ccccc2Cl)cc1. The van der Waals surface area contributed by atoms with Crippen LogP contribution in [0.2, 0.25) is 5.02 Å². The van der Waals surface area contributed by atoms with Crippen LogP contribution < -0.4 is 11.1 Å². The zero-order valence-corrected chi connectivity index (χ0v) is 23.3. The first-order chi connectivity index (χ1) is 18.0. The van der Waals surface area contributed by atoms with Gasteiger partial charge < -0.3 is 20.5 Å². The summed E-state index contributed by atoms with van der Waals surface area (Å²) in [5, 5.41) is 3.20. The average Bonchev–Trinajstić information content (AvgIpc) is 2.87. The van der Waals surface area contributed by atoms with Crippen molar-refractivity contribution in [2.75, 3.05) is 6.54 Å². The summed E-state index contributed by atoms with van der Waals surface area (Å²) in [6.07, 6.45) is 1.20. The molecule has 1 amide bonds. The van der Waals surface area contributed by atoms with Gasteiger partial charge in [-0.05, 0) is 53.0 Å². The minimum absolute atomic E-state index is 0.399. The number of unbranched alkanes of at least 4 members (excludes halogenated alkanes) is 1. The number of ether oxygens (including phenoxy) is 2. The molecule has 3 N–H and O–H groups in total. The maximum absolute atomic E-state index is 13.5. The minimum Gasteiger partial charge on any atom is -0.444 e. The lowest BCUT2D eigenvalue weighted by atomic mass is 9.79. The standard InChI is InChI=1S/C31H37ClN2O4/c1-22-17-19-24(20-18-22)31(23-12-6-5-7-13-23,25-14-8-9-15-26(25)32)37-28(35)27(33)16-10-11-21-34-29(36)38-30(2,3)4/h5-9,12-15,17-20,27H,10-11,16,21,33H2,1-4H3,(H,34,36)/t27-,31?/m1/s1. The third-order valence-electron chi connectivity index (χ3n) is 6.06. The quantitative estimate of drug-likeness (QED) is 0.175. The lowest BCUT2D eigenvalue weighted by Gasteiger charge is -2.36. The molecule has 3 aromatic carbocycles. The van der Waals surface area contributed by atoms with Gasteiger partial charge in [-0.15, -0.1) is 0 Å². The summed E-state index contributed by atoms with van der Waals surface area (Å²) in [5.41, 5.74) is 7.74. The molecule has 3 aromatic rings. The minimum atomic E-state index is -1.29. The molecule has 6 nitrogen and oxygen atoms in total. The van der Waals surface area contributed by atoms with Crippen LogP contribution in [0.4, 0.5) is 4.79 Å². The van der Waals surface area contributed by atoms with E-state index < -0.39 is 29.3 Å². The van der Waals surface area contributed by atoms with Crippen LogP contribution in [0.25, 0.3) is 0 Å². The number of benzene rings is 3. The molecular weight excluding hydrogens is 500 g/mol.